The monoisotopic (exact) mass is 283 g/mol. The van der Waals surface area contributed by atoms with E-state index in [0.717, 1.165) is 18.4 Å². The van der Waals surface area contributed by atoms with Crippen molar-refractivity contribution in [1.82, 2.24) is 5.32 Å². The number of nitrogens with one attached hydrogen (secondary N) is 1. The van der Waals surface area contributed by atoms with Gasteiger partial charge in [0.1, 0.15) is 5.75 Å². The molecule has 0 fully saturated rings. The summed E-state index contributed by atoms with van der Waals surface area (Å²) in [5.41, 5.74) is 3.63. The molecule has 2 aromatic rings. The van der Waals surface area contributed by atoms with Crippen molar-refractivity contribution in [3.8, 4) is 17.2 Å². The lowest BCUT2D eigenvalue weighted by Gasteiger charge is -2.15. The molecule has 1 heterocycles. The van der Waals surface area contributed by atoms with E-state index in [2.05, 4.69) is 29.6 Å². The molecule has 0 radical (unpaired) electrons. The second-order valence-corrected chi connectivity index (χ2v) is 5.51. The summed E-state index contributed by atoms with van der Waals surface area (Å²) >= 11 is 0. The second kappa shape index (κ2) is 4.97. The molecule has 2 aliphatic rings. The van der Waals surface area contributed by atoms with Gasteiger partial charge in [-0.1, -0.05) is 24.3 Å². The first-order chi connectivity index (χ1) is 10.3. The molecule has 0 aromatic heterocycles. The molecule has 2 aromatic carbocycles. The summed E-state index contributed by atoms with van der Waals surface area (Å²) < 4.78 is 10.6. The lowest BCUT2D eigenvalue weighted by molar-refractivity contribution is 0.174. The lowest BCUT2D eigenvalue weighted by Crippen LogP contribution is -2.18. The zero-order valence-corrected chi connectivity index (χ0v) is 11.6. The Labute approximate surface area is 123 Å². The first-order valence-corrected chi connectivity index (χ1v) is 7.24. The number of rotatable bonds is 3. The van der Waals surface area contributed by atoms with Crippen LogP contribution in [0, 0.1) is 0 Å². The van der Waals surface area contributed by atoms with Crippen LogP contribution in [-0.4, -0.2) is 11.9 Å². The first-order valence-electron chi connectivity index (χ1n) is 7.24. The number of hydrogen-bond acceptors (Lipinski definition) is 4. The number of hydrogen-bond donors (Lipinski definition) is 2. The lowest BCUT2D eigenvalue weighted by atomic mass is 10.1. The summed E-state index contributed by atoms with van der Waals surface area (Å²) in [5, 5.41) is 13.6. The van der Waals surface area contributed by atoms with Crippen LogP contribution in [0.2, 0.25) is 0 Å². The molecule has 1 atom stereocenters. The van der Waals surface area contributed by atoms with E-state index in [0.29, 0.717) is 24.1 Å². The van der Waals surface area contributed by atoms with Crippen LogP contribution in [0.3, 0.4) is 0 Å². The van der Waals surface area contributed by atoms with E-state index in [-0.39, 0.29) is 12.5 Å². The summed E-state index contributed by atoms with van der Waals surface area (Å²) in [5.74, 6) is 1.57. The minimum absolute atomic E-state index is 0.224. The quantitative estimate of drug-likeness (QED) is 0.909. The van der Waals surface area contributed by atoms with Crippen molar-refractivity contribution < 1.29 is 14.6 Å². The third-order valence-electron chi connectivity index (χ3n) is 4.25. The highest BCUT2D eigenvalue weighted by atomic mass is 16.7. The van der Waals surface area contributed by atoms with Crippen molar-refractivity contribution in [3.63, 3.8) is 0 Å². The number of phenols is 1. The number of ether oxygens (including phenoxy) is 2. The Morgan fingerprint density at radius 3 is 2.86 bits per heavy atom. The van der Waals surface area contributed by atoms with Gasteiger partial charge >= 0.3 is 0 Å². The van der Waals surface area contributed by atoms with Crippen LogP contribution in [0.15, 0.2) is 36.4 Å². The Morgan fingerprint density at radius 2 is 1.95 bits per heavy atom. The zero-order chi connectivity index (χ0) is 14.2. The fourth-order valence-electron chi connectivity index (χ4n) is 3.12. The van der Waals surface area contributed by atoms with Crippen molar-refractivity contribution in [2.24, 2.45) is 0 Å². The Hall–Kier alpha value is -2.20. The molecular formula is C17H17NO3. The molecule has 4 heteroatoms. The molecule has 0 saturated heterocycles. The maximum Gasteiger partial charge on any atom is 0.231 e. The summed E-state index contributed by atoms with van der Waals surface area (Å²) in [6.07, 6.45) is 2.21. The van der Waals surface area contributed by atoms with E-state index in [4.69, 9.17) is 9.47 Å². The molecule has 0 spiro atoms. The van der Waals surface area contributed by atoms with E-state index >= 15 is 0 Å². The molecule has 1 aliphatic heterocycles. The van der Waals surface area contributed by atoms with Gasteiger partial charge in [-0.2, -0.15) is 0 Å². The van der Waals surface area contributed by atoms with E-state index in [1.54, 1.807) is 6.07 Å². The number of aromatic hydroxyl groups is 1. The molecule has 1 unspecified atom stereocenters. The highest BCUT2D eigenvalue weighted by Crippen LogP contribution is 2.38. The van der Waals surface area contributed by atoms with Gasteiger partial charge in [-0.05, 0) is 30.0 Å². The number of aryl methyl sites for hydroxylation is 1. The SMILES string of the molecule is Oc1cc2c(cc1CNC1CCc3ccccc31)OCO2. The van der Waals surface area contributed by atoms with Crippen LogP contribution in [0.1, 0.15) is 29.2 Å². The predicted octanol–water partition coefficient (Wildman–Crippen LogP) is 2.90. The van der Waals surface area contributed by atoms with Gasteiger partial charge < -0.3 is 19.9 Å². The summed E-state index contributed by atoms with van der Waals surface area (Å²) in [4.78, 5) is 0. The highest BCUT2D eigenvalue weighted by Gasteiger charge is 2.22. The van der Waals surface area contributed by atoms with Crippen LogP contribution in [0.5, 0.6) is 17.2 Å². The van der Waals surface area contributed by atoms with Crippen LogP contribution in [-0.2, 0) is 13.0 Å². The Balaban J connectivity index is 1.51. The number of phenolic OH excluding ortho intramolecular Hbond substituents is 1. The maximum absolute atomic E-state index is 10.1. The Morgan fingerprint density at radius 1 is 1.14 bits per heavy atom. The minimum Gasteiger partial charge on any atom is -0.507 e. The van der Waals surface area contributed by atoms with E-state index in [1.807, 2.05) is 6.07 Å². The number of benzene rings is 2. The molecule has 0 saturated carbocycles. The molecule has 21 heavy (non-hydrogen) atoms. The van der Waals surface area contributed by atoms with Crippen molar-refractivity contribution in [3.05, 3.63) is 53.1 Å². The molecular weight excluding hydrogens is 266 g/mol. The normalized spacial score (nSPS) is 18.8. The fourth-order valence-corrected chi connectivity index (χ4v) is 3.12. The first kappa shape index (κ1) is 12.5. The van der Waals surface area contributed by atoms with Gasteiger partial charge in [0.05, 0.1) is 0 Å². The van der Waals surface area contributed by atoms with Gasteiger partial charge in [0.2, 0.25) is 6.79 Å². The molecule has 1 aliphatic carbocycles. The van der Waals surface area contributed by atoms with Gasteiger partial charge in [0, 0.05) is 24.2 Å². The van der Waals surface area contributed by atoms with Crippen LogP contribution in [0.4, 0.5) is 0 Å². The minimum atomic E-state index is 0.224. The largest absolute Gasteiger partial charge is 0.507 e. The van der Waals surface area contributed by atoms with E-state index in [9.17, 15) is 5.11 Å². The van der Waals surface area contributed by atoms with Crippen LogP contribution in [0.25, 0.3) is 0 Å². The summed E-state index contributed by atoms with van der Waals surface area (Å²) in [6, 6.07) is 12.4. The molecule has 4 rings (SSSR count). The predicted molar refractivity (Wildman–Crippen MR) is 78.6 cm³/mol. The maximum atomic E-state index is 10.1. The van der Waals surface area contributed by atoms with Gasteiger partial charge in [-0.3, -0.25) is 0 Å². The Kier molecular flexibility index (Phi) is 2.97. The smallest absolute Gasteiger partial charge is 0.231 e. The molecule has 2 N–H and O–H groups in total. The van der Waals surface area contributed by atoms with Crippen LogP contribution >= 0.6 is 0 Å². The topological polar surface area (TPSA) is 50.7 Å². The van der Waals surface area contributed by atoms with Gasteiger partial charge in [-0.25, -0.2) is 0 Å². The van der Waals surface area contributed by atoms with E-state index < -0.39 is 0 Å². The second-order valence-electron chi connectivity index (χ2n) is 5.51. The van der Waals surface area contributed by atoms with E-state index in [1.165, 1.54) is 11.1 Å². The number of fused-ring (bicyclic) bond motifs is 2. The fraction of sp³-hybridized carbons (Fsp3) is 0.294. The third kappa shape index (κ3) is 2.21. The third-order valence-corrected chi connectivity index (χ3v) is 4.25. The average molecular weight is 283 g/mol. The van der Waals surface area contributed by atoms with Gasteiger partial charge in [0.15, 0.2) is 11.5 Å². The molecule has 4 nitrogen and oxygen atoms in total. The average Bonchev–Trinajstić information content (AvgIpc) is 3.11. The van der Waals surface area contributed by atoms with Gasteiger partial charge in [-0.15, -0.1) is 0 Å². The highest BCUT2D eigenvalue weighted by molar-refractivity contribution is 5.51. The van der Waals surface area contributed by atoms with Crippen LogP contribution < -0.4 is 14.8 Å². The Bertz CT molecular complexity index is 684. The zero-order valence-electron chi connectivity index (χ0n) is 11.6. The summed E-state index contributed by atoms with van der Waals surface area (Å²) in [6.45, 7) is 0.836. The van der Waals surface area contributed by atoms with Crippen molar-refractivity contribution in [2.75, 3.05) is 6.79 Å². The molecule has 108 valence electrons. The standard InChI is InChI=1S/C17H17NO3/c19-15-8-17-16(20-10-21-17)7-12(15)9-18-14-6-5-11-3-1-2-4-13(11)14/h1-4,7-8,14,18-19H,5-6,9-10H2. The van der Waals surface area contributed by atoms with Crippen molar-refractivity contribution >= 4 is 0 Å². The van der Waals surface area contributed by atoms with Crippen molar-refractivity contribution in [1.29, 1.82) is 0 Å². The summed E-state index contributed by atoms with van der Waals surface area (Å²) in [7, 11) is 0. The molecule has 0 amide bonds. The molecule has 0 bridgehead atoms. The van der Waals surface area contributed by atoms with Crippen molar-refractivity contribution in [2.45, 2.75) is 25.4 Å². The van der Waals surface area contributed by atoms with Gasteiger partial charge in [0.25, 0.3) is 0 Å².